The highest BCUT2D eigenvalue weighted by Gasteiger charge is 2.25. The molecule has 1 aromatic rings. The summed E-state index contributed by atoms with van der Waals surface area (Å²) in [6, 6.07) is 4.60. The van der Waals surface area contributed by atoms with Crippen LogP contribution in [-0.2, 0) is 6.42 Å². The zero-order valence-electron chi connectivity index (χ0n) is 12.9. The molecule has 0 bridgehead atoms. The van der Waals surface area contributed by atoms with Gasteiger partial charge in [0.25, 0.3) is 0 Å². The Morgan fingerprint density at radius 1 is 1.11 bits per heavy atom. The number of hydrogen-bond donors (Lipinski definition) is 1. The maximum Gasteiger partial charge on any atom is 0.0150 e. The summed E-state index contributed by atoms with van der Waals surface area (Å²) in [6.07, 6.45) is 3.41. The van der Waals surface area contributed by atoms with E-state index in [1.54, 1.807) is 0 Å². The first kappa shape index (κ1) is 14.5. The van der Waals surface area contributed by atoms with Gasteiger partial charge in [0, 0.05) is 12.1 Å². The van der Waals surface area contributed by atoms with Crippen LogP contribution in [0, 0.1) is 20.8 Å². The van der Waals surface area contributed by atoms with Gasteiger partial charge in [-0.2, -0.15) is 0 Å². The van der Waals surface area contributed by atoms with Crippen molar-refractivity contribution >= 4 is 0 Å². The van der Waals surface area contributed by atoms with E-state index in [1.165, 1.54) is 35.2 Å². The molecule has 0 amide bonds. The van der Waals surface area contributed by atoms with Gasteiger partial charge < -0.3 is 10.6 Å². The molecule has 2 nitrogen and oxygen atoms in total. The van der Waals surface area contributed by atoms with Gasteiger partial charge in [-0.3, -0.25) is 0 Å². The third-order valence-electron chi connectivity index (χ3n) is 4.52. The molecule has 0 unspecified atom stereocenters. The third-order valence-corrected chi connectivity index (χ3v) is 4.52. The predicted molar refractivity (Wildman–Crippen MR) is 82.6 cm³/mol. The normalized spacial score (nSPS) is 19.6. The first-order valence-corrected chi connectivity index (χ1v) is 7.45. The van der Waals surface area contributed by atoms with E-state index in [-0.39, 0.29) is 5.54 Å². The van der Waals surface area contributed by atoms with Crippen molar-refractivity contribution in [2.75, 3.05) is 19.6 Å². The van der Waals surface area contributed by atoms with Crippen LogP contribution in [0.2, 0.25) is 0 Å². The zero-order chi connectivity index (χ0) is 14.0. The summed E-state index contributed by atoms with van der Waals surface area (Å²) in [5.41, 5.74) is 12.0. The maximum absolute atomic E-state index is 6.19. The van der Waals surface area contributed by atoms with Crippen LogP contribution in [0.1, 0.15) is 42.0 Å². The van der Waals surface area contributed by atoms with Crippen LogP contribution < -0.4 is 5.73 Å². The van der Waals surface area contributed by atoms with Crippen molar-refractivity contribution in [3.63, 3.8) is 0 Å². The molecule has 1 saturated heterocycles. The van der Waals surface area contributed by atoms with Gasteiger partial charge in [0.1, 0.15) is 0 Å². The van der Waals surface area contributed by atoms with E-state index in [9.17, 15) is 0 Å². The molecular formula is C17H28N2. The molecule has 1 fully saturated rings. The molecule has 106 valence electrons. The minimum Gasteiger partial charge on any atom is -0.325 e. The number of aryl methyl sites for hydroxylation is 3. The lowest BCUT2D eigenvalue weighted by Gasteiger charge is -2.36. The molecule has 1 aliphatic rings. The Labute approximate surface area is 118 Å². The van der Waals surface area contributed by atoms with E-state index >= 15 is 0 Å². The number of piperidine rings is 1. The number of likely N-dealkylation sites (tertiary alicyclic amines) is 1. The molecule has 0 aliphatic carbocycles. The third kappa shape index (κ3) is 3.80. The summed E-state index contributed by atoms with van der Waals surface area (Å²) in [5, 5.41) is 0. The largest absolute Gasteiger partial charge is 0.325 e. The van der Waals surface area contributed by atoms with Crippen molar-refractivity contribution in [3.05, 3.63) is 34.4 Å². The van der Waals surface area contributed by atoms with E-state index in [0.717, 1.165) is 25.9 Å². The Kier molecular flexibility index (Phi) is 4.32. The van der Waals surface area contributed by atoms with E-state index < -0.39 is 0 Å². The second-order valence-corrected chi connectivity index (χ2v) is 6.62. The van der Waals surface area contributed by atoms with Gasteiger partial charge >= 0.3 is 0 Å². The van der Waals surface area contributed by atoms with Crippen molar-refractivity contribution in [1.82, 2.24) is 4.90 Å². The fourth-order valence-electron chi connectivity index (χ4n) is 3.16. The first-order valence-electron chi connectivity index (χ1n) is 7.45. The van der Waals surface area contributed by atoms with Gasteiger partial charge in [0.15, 0.2) is 0 Å². The highest BCUT2D eigenvalue weighted by Crippen LogP contribution is 2.21. The maximum atomic E-state index is 6.19. The van der Waals surface area contributed by atoms with Crippen molar-refractivity contribution in [2.45, 2.75) is 52.5 Å². The number of benzene rings is 1. The quantitative estimate of drug-likeness (QED) is 0.905. The number of nitrogens with two attached hydrogens (primary N) is 1. The van der Waals surface area contributed by atoms with Crippen molar-refractivity contribution in [2.24, 2.45) is 5.73 Å². The molecule has 1 aromatic carbocycles. The highest BCUT2D eigenvalue weighted by molar-refractivity contribution is 5.37. The van der Waals surface area contributed by atoms with Crippen molar-refractivity contribution in [1.29, 1.82) is 0 Å². The summed E-state index contributed by atoms with van der Waals surface area (Å²) in [7, 11) is 0. The van der Waals surface area contributed by atoms with E-state index in [4.69, 9.17) is 5.73 Å². The van der Waals surface area contributed by atoms with Gasteiger partial charge in [-0.1, -0.05) is 17.7 Å². The molecule has 1 heterocycles. The average Bonchev–Trinajstić information content (AvgIpc) is 2.29. The molecule has 2 heteroatoms. The molecule has 2 N–H and O–H groups in total. The fraction of sp³-hybridized carbons (Fsp3) is 0.647. The van der Waals surface area contributed by atoms with Gasteiger partial charge in [0.2, 0.25) is 0 Å². The van der Waals surface area contributed by atoms with Crippen LogP contribution in [0.4, 0.5) is 0 Å². The second kappa shape index (κ2) is 5.64. The summed E-state index contributed by atoms with van der Waals surface area (Å²) in [4.78, 5) is 2.56. The Morgan fingerprint density at radius 3 is 2.16 bits per heavy atom. The Bertz CT molecular complexity index is 416. The van der Waals surface area contributed by atoms with E-state index in [1.807, 2.05) is 0 Å². The molecule has 0 spiro atoms. The highest BCUT2D eigenvalue weighted by atomic mass is 15.1. The summed E-state index contributed by atoms with van der Waals surface area (Å²) < 4.78 is 0. The Morgan fingerprint density at radius 2 is 1.63 bits per heavy atom. The summed E-state index contributed by atoms with van der Waals surface area (Å²) in [5.74, 6) is 0. The number of hydrogen-bond acceptors (Lipinski definition) is 2. The first-order chi connectivity index (χ1) is 8.87. The summed E-state index contributed by atoms with van der Waals surface area (Å²) >= 11 is 0. The number of rotatable bonds is 3. The minimum absolute atomic E-state index is 0.0617. The molecule has 2 rings (SSSR count). The van der Waals surface area contributed by atoms with E-state index in [0.29, 0.717) is 0 Å². The molecular weight excluding hydrogens is 232 g/mol. The standard InChI is InChI=1S/C17H28N2/c1-13-11-14(2)16(15(3)12-13)5-8-19-9-6-17(4,18)7-10-19/h11-12H,5-10,18H2,1-4H3. The predicted octanol–water partition coefficient (Wildman–Crippen LogP) is 2.97. The van der Waals surface area contributed by atoms with Crippen LogP contribution in [0.15, 0.2) is 12.1 Å². The molecule has 0 aromatic heterocycles. The lowest BCUT2D eigenvalue weighted by Crippen LogP contribution is -2.48. The van der Waals surface area contributed by atoms with Gasteiger partial charge in [-0.15, -0.1) is 0 Å². The lowest BCUT2D eigenvalue weighted by atomic mass is 9.90. The van der Waals surface area contributed by atoms with Crippen LogP contribution >= 0.6 is 0 Å². The van der Waals surface area contributed by atoms with Crippen molar-refractivity contribution in [3.8, 4) is 0 Å². The van der Waals surface area contributed by atoms with Gasteiger partial charge in [-0.05, 0) is 76.7 Å². The number of nitrogens with zero attached hydrogens (tertiary/aromatic N) is 1. The molecule has 1 aliphatic heterocycles. The molecule has 0 saturated carbocycles. The van der Waals surface area contributed by atoms with Crippen molar-refractivity contribution < 1.29 is 0 Å². The summed E-state index contributed by atoms with van der Waals surface area (Å²) in [6.45, 7) is 12.3. The monoisotopic (exact) mass is 260 g/mol. The van der Waals surface area contributed by atoms with Crippen LogP contribution in [0.5, 0.6) is 0 Å². The molecule has 0 radical (unpaired) electrons. The Balaban J connectivity index is 1.93. The van der Waals surface area contributed by atoms with Crippen LogP contribution in [0.25, 0.3) is 0 Å². The molecule has 0 atom stereocenters. The lowest BCUT2D eigenvalue weighted by molar-refractivity contribution is 0.173. The molecule has 19 heavy (non-hydrogen) atoms. The zero-order valence-corrected chi connectivity index (χ0v) is 12.9. The smallest absolute Gasteiger partial charge is 0.0150 e. The SMILES string of the molecule is Cc1cc(C)c(CCN2CCC(C)(N)CC2)c(C)c1. The van der Waals surface area contributed by atoms with Crippen LogP contribution in [-0.4, -0.2) is 30.1 Å². The minimum atomic E-state index is 0.0617. The van der Waals surface area contributed by atoms with Crippen LogP contribution in [0.3, 0.4) is 0 Å². The Hall–Kier alpha value is -0.860. The van der Waals surface area contributed by atoms with Gasteiger partial charge in [-0.25, -0.2) is 0 Å². The van der Waals surface area contributed by atoms with E-state index in [2.05, 4.69) is 44.7 Å². The second-order valence-electron chi connectivity index (χ2n) is 6.62. The van der Waals surface area contributed by atoms with Gasteiger partial charge in [0.05, 0.1) is 0 Å². The average molecular weight is 260 g/mol. The fourth-order valence-corrected chi connectivity index (χ4v) is 3.16. The topological polar surface area (TPSA) is 29.3 Å².